The molecule has 6 heteroatoms. The van der Waals surface area contributed by atoms with Gasteiger partial charge in [-0.3, -0.25) is 9.48 Å². The monoisotopic (exact) mass is 275 g/mol. The van der Waals surface area contributed by atoms with E-state index in [1.165, 1.54) is 0 Å². The van der Waals surface area contributed by atoms with Crippen molar-refractivity contribution in [3.63, 3.8) is 0 Å². The van der Waals surface area contributed by atoms with Crippen LogP contribution in [0.3, 0.4) is 0 Å². The number of amides is 1. The standard InChI is InChI=1S/C14H17N3O3/c1-17-10-12(9-15-17)16-14(18)11-19-7-8-20-13-5-3-2-4-6-13/h2-6,9-10H,7-8,11H2,1H3,(H,16,18). The van der Waals surface area contributed by atoms with Crippen LogP contribution in [-0.4, -0.2) is 35.5 Å². The van der Waals surface area contributed by atoms with Crippen molar-refractivity contribution >= 4 is 11.6 Å². The first-order valence-electron chi connectivity index (χ1n) is 6.28. The van der Waals surface area contributed by atoms with E-state index >= 15 is 0 Å². The molecule has 1 aromatic carbocycles. The van der Waals surface area contributed by atoms with E-state index in [0.717, 1.165) is 5.75 Å². The number of rotatable bonds is 7. The Labute approximate surface area is 117 Å². The van der Waals surface area contributed by atoms with E-state index in [1.807, 2.05) is 30.3 Å². The number of aryl methyl sites for hydroxylation is 1. The molecule has 0 aliphatic carbocycles. The Kier molecular flexibility index (Phi) is 5.14. The van der Waals surface area contributed by atoms with Crippen molar-refractivity contribution < 1.29 is 14.3 Å². The van der Waals surface area contributed by atoms with Gasteiger partial charge in [-0.2, -0.15) is 5.10 Å². The number of carbonyl (C=O) groups excluding carboxylic acids is 1. The third-order valence-electron chi connectivity index (χ3n) is 2.46. The molecule has 0 aliphatic heterocycles. The molecular formula is C14H17N3O3. The van der Waals surface area contributed by atoms with Gasteiger partial charge in [0.05, 0.1) is 18.5 Å². The second kappa shape index (κ2) is 7.30. The molecular weight excluding hydrogens is 258 g/mol. The molecule has 1 aromatic heterocycles. The Morgan fingerprint density at radius 3 is 2.80 bits per heavy atom. The number of anilines is 1. The van der Waals surface area contributed by atoms with E-state index in [-0.39, 0.29) is 12.5 Å². The number of aromatic nitrogens is 2. The van der Waals surface area contributed by atoms with Gasteiger partial charge in [0.2, 0.25) is 5.91 Å². The SMILES string of the molecule is Cn1cc(NC(=O)COCCOc2ccccc2)cn1. The van der Waals surface area contributed by atoms with Crippen LogP contribution >= 0.6 is 0 Å². The molecule has 1 amide bonds. The molecule has 0 saturated carbocycles. The fourth-order valence-corrected chi connectivity index (χ4v) is 1.58. The van der Waals surface area contributed by atoms with Gasteiger partial charge in [0.25, 0.3) is 0 Å². The molecule has 2 rings (SSSR count). The number of para-hydroxylation sites is 1. The minimum Gasteiger partial charge on any atom is -0.491 e. The number of benzene rings is 1. The first kappa shape index (κ1) is 14.1. The largest absolute Gasteiger partial charge is 0.491 e. The van der Waals surface area contributed by atoms with Crippen molar-refractivity contribution in [2.75, 3.05) is 25.1 Å². The molecule has 0 spiro atoms. The summed E-state index contributed by atoms with van der Waals surface area (Å²) in [6.45, 7) is 0.757. The molecule has 0 bridgehead atoms. The molecule has 106 valence electrons. The van der Waals surface area contributed by atoms with E-state index in [9.17, 15) is 4.79 Å². The predicted molar refractivity (Wildman–Crippen MR) is 74.6 cm³/mol. The number of ether oxygens (including phenoxy) is 2. The molecule has 0 saturated heterocycles. The summed E-state index contributed by atoms with van der Waals surface area (Å²) < 4.78 is 12.3. The van der Waals surface area contributed by atoms with Crippen molar-refractivity contribution in [3.8, 4) is 5.75 Å². The summed E-state index contributed by atoms with van der Waals surface area (Å²) >= 11 is 0. The van der Waals surface area contributed by atoms with Crippen molar-refractivity contribution in [2.24, 2.45) is 7.05 Å². The van der Waals surface area contributed by atoms with Crippen LogP contribution in [0.25, 0.3) is 0 Å². The zero-order valence-corrected chi connectivity index (χ0v) is 11.3. The molecule has 6 nitrogen and oxygen atoms in total. The predicted octanol–water partition coefficient (Wildman–Crippen LogP) is 1.45. The highest BCUT2D eigenvalue weighted by molar-refractivity contribution is 5.91. The Hall–Kier alpha value is -2.34. The summed E-state index contributed by atoms with van der Waals surface area (Å²) in [5.41, 5.74) is 0.654. The highest BCUT2D eigenvalue weighted by atomic mass is 16.5. The van der Waals surface area contributed by atoms with Crippen LogP contribution in [0, 0.1) is 0 Å². The first-order valence-corrected chi connectivity index (χ1v) is 6.28. The summed E-state index contributed by atoms with van der Waals surface area (Å²) in [6.07, 6.45) is 3.30. The minimum absolute atomic E-state index is 0.00690. The average molecular weight is 275 g/mol. The van der Waals surface area contributed by atoms with Crippen LogP contribution in [-0.2, 0) is 16.6 Å². The van der Waals surface area contributed by atoms with Gasteiger partial charge in [0.1, 0.15) is 19.0 Å². The summed E-state index contributed by atoms with van der Waals surface area (Å²) in [5.74, 6) is 0.577. The lowest BCUT2D eigenvalue weighted by Gasteiger charge is -2.07. The van der Waals surface area contributed by atoms with Gasteiger partial charge >= 0.3 is 0 Å². The highest BCUT2D eigenvalue weighted by Crippen LogP contribution is 2.07. The smallest absolute Gasteiger partial charge is 0.250 e. The fraction of sp³-hybridized carbons (Fsp3) is 0.286. The molecule has 1 N–H and O–H groups in total. The maximum absolute atomic E-state index is 11.5. The molecule has 0 radical (unpaired) electrons. The summed E-state index contributed by atoms with van der Waals surface area (Å²) in [5, 5.41) is 6.64. The molecule has 2 aromatic rings. The van der Waals surface area contributed by atoms with Gasteiger partial charge < -0.3 is 14.8 Å². The van der Waals surface area contributed by atoms with E-state index in [1.54, 1.807) is 24.1 Å². The van der Waals surface area contributed by atoms with E-state index in [2.05, 4.69) is 10.4 Å². The second-order valence-corrected chi connectivity index (χ2v) is 4.16. The van der Waals surface area contributed by atoms with Crippen molar-refractivity contribution in [3.05, 3.63) is 42.7 Å². The molecule has 1 heterocycles. The van der Waals surface area contributed by atoms with Crippen molar-refractivity contribution in [2.45, 2.75) is 0 Å². The quantitative estimate of drug-likeness (QED) is 0.777. The number of nitrogens with zero attached hydrogens (tertiary/aromatic N) is 2. The molecule has 0 atom stereocenters. The fourth-order valence-electron chi connectivity index (χ4n) is 1.58. The molecule has 0 aliphatic rings. The number of hydrogen-bond acceptors (Lipinski definition) is 4. The maximum Gasteiger partial charge on any atom is 0.250 e. The van der Waals surface area contributed by atoms with Crippen LogP contribution < -0.4 is 10.1 Å². The lowest BCUT2D eigenvalue weighted by molar-refractivity contribution is -0.120. The van der Waals surface area contributed by atoms with Gasteiger partial charge in [0, 0.05) is 13.2 Å². The van der Waals surface area contributed by atoms with Gasteiger partial charge in [-0.1, -0.05) is 18.2 Å². The van der Waals surface area contributed by atoms with Crippen molar-refractivity contribution in [1.82, 2.24) is 9.78 Å². The molecule has 0 unspecified atom stereocenters. The highest BCUT2D eigenvalue weighted by Gasteiger charge is 2.03. The van der Waals surface area contributed by atoms with Crippen LogP contribution in [0.1, 0.15) is 0 Å². The number of carbonyl (C=O) groups is 1. The summed E-state index contributed by atoms with van der Waals surface area (Å²) in [6, 6.07) is 9.46. The Balaban J connectivity index is 1.58. The van der Waals surface area contributed by atoms with E-state index < -0.39 is 0 Å². The van der Waals surface area contributed by atoms with Crippen molar-refractivity contribution in [1.29, 1.82) is 0 Å². The lowest BCUT2D eigenvalue weighted by atomic mass is 10.3. The van der Waals surface area contributed by atoms with Crippen LogP contribution in [0.5, 0.6) is 5.75 Å². The van der Waals surface area contributed by atoms with Crippen LogP contribution in [0.15, 0.2) is 42.7 Å². The number of nitrogens with one attached hydrogen (secondary N) is 1. The normalized spacial score (nSPS) is 10.2. The zero-order valence-electron chi connectivity index (χ0n) is 11.3. The maximum atomic E-state index is 11.5. The van der Waals surface area contributed by atoms with Gasteiger partial charge in [-0.05, 0) is 12.1 Å². The van der Waals surface area contributed by atoms with Crippen LogP contribution in [0.4, 0.5) is 5.69 Å². The minimum atomic E-state index is -0.210. The van der Waals surface area contributed by atoms with Gasteiger partial charge in [-0.25, -0.2) is 0 Å². The third kappa shape index (κ3) is 4.74. The third-order valence-corrected chi connectivity index (χ3v) is 2.46. The second-order valence-electron chi connectivity index (χ2n) is 4.16. The van der Waals surface area contributed by atoms with Gasteiger partial charge in [0.15, 0.2) is 0 Å². The Morgan fingerprint density at radius 1 is 1.30 bits per heavy atom. The summed E-state index contributed by atoms with van der Waals surface area (Å²) in [4.78, 5) is 11.5. The Bertz CT molecular complexity index is 540. The Morgan fingerprint density at radius 2 is 2.10 bits per heavy atom. The number of hydrogen-bond donors (Lipinski definition) is 1. The topological polar surface area (TPSA) is 65.4 Å². The van der Waals surface area contributed by atoms with E-state index in [0.29, 0.717) is 18.9 Å². The lowest BCUT2D eigenvalue weighted by Crippen LogP contribution is -2.20. The molecule has 20 heavy (non-hydrogen) atoms. The molecule has 0 fully saturated rings. The zero-order chi connectivity index (χ0) is 14.2. The summed E-state index contributed by atoms with van der Waals surface area (Å²) in [7, 11) is 1.78. The van der Waals surface area contributed by atoms with E-state index in [4.69, 9.17) is 9.47 Å². The van der Waals surface area contributed by atoms with Gasteiger partial charge in [-0.15, -0.1) is 0 Å². The first-order chi connectivity index (χ1) is 9.74. The average Bonchev–Trinajstić information content (AvgIpc) is 2.85. The van der Waals surface area contributed by atoms with Crippen LogP contribution in [0.2, 0.25) is 0 Å².